The van der Waals surface area contributed by atoms with Crippen LogP contribution in [0.1, 0.15) is 18.1 Å². The lowest BCUT2D eigenvalue weighted by Gasteiger charge is -2.08. The average Bonchev–Trinajstić information content (AvgIpc) is 2.52. The van der Waals surface area contributed by atoms with Gasteiger partial charge in [-0.05, 0) is 55.3 Å². The molecule has 22 heavy (non-hydrogen) atoms. The number of phenolic OH excluding ortho intramolecular Hbond substituents is 1. The molecule has 5 nitrogen and oxygen atoms in total. The van der Waals surface area contributed by atoms with Crippen molar-refractivity contribution in [3.05, 3.63) is 59.7 Å². The van der Waals surface area contributed by atoms with Crippen LogP contribution in [0.5, 0.6) is 5.75 Å². The topological polar surface area (TPSA) is 73.7 Å². The van der Waals surface area contributed by atoms with E-state index in [1.165, 1.54) is 0 Å². The predicted octanol–water partition coefficient (Wildman–Crippen LogP) is 2.65. The van der Waals surface area contributed by atoms with Gasteiger partial charge in [0.05, 0.1) is 12.3 Å². The second kappa shape index (κ2) is 7.26. The number of nitrogens with one attached hydrogen (secondary N) is 2. The van der Waals surface area contributed by atoms with E-state index >= 15 is 0 Å². The number of hydrogen-bond donors (Lipinski definition) is 3. The van der Waals surface area contributed by atoms with Gasteiger partial charge in [-0.3, -0.25) is 4.79 Å². The minimum atomic E-state index is -0.221. The number of carbonyl (C=O) groups excluding carboxylic acids is 1. The van der Waals surface area contributed by atoms with Gasteiger partial charge in [-0.2, -0.15) is 5.10 Å². The van der Waals surface area contributed by atoms with Crippen LogP contribution in [0.25, 0.3) is 0 Å². The first-order valence-electron chi connectivity index (χ1n) is 6.98. The van der Waals surface area contributed by atoms with Gasteiger partial charge in [0.15, 0.2) is 0 Å². The zero-order valence-electron chi connectivity index (χ0n) is 12.6. The van der Waals surface area contributed by atoms with Gasteiger partial charge in [0.1, 0.15) is 5.75 Å². The van der Waals surface area contributed by atoms with E-state index in [2.05, 4.69) is 15.8 Å². The molecule has 0 fully saturated rings. The number of hydrogen-bond acceptors (Lipinski definition) is 4. The van der Waals surface area contributed by atoms with Crippen molar-refractivity contribution in [3.63, 3.8) is 0 Å². The third-order valence-electron chi connectivity index (χ3n) is 3.22. The monoisotopic (exact) mass is 297 g/mol. The van der Waals surface area contributed by atoms with Crippen molar-refractivity contribution in [1.29, 1.82) is 0 Å². The van der Waals surface area contributed by atoms with Crippen LogP contribution in [0.15, 0.2) is 53.6 Å². The molecule has 0 spiro atoms. The van der Waals surface area contributed by atoms with E-state index in [9.17, 15) is 9.90 Å². The molecule has 0 saturated heterocycles. The maximum Gasteiger partial charge on any atom is 0.259 e. The Labute approximate surface area is 129 Å². The molecule has 2 rings (SSSR count). The summed E-state index contributed by atoms with van der Waals surface area (Å²) in [6.45, 7) is 3.92. The molecule has 0 saturated carbocycles. The minimum Gasteiger partial charge on any atom is -0.508 e. The number of anilines is 1. The second-order valence-electron chi connectivity index (χ2n) is 4.95. The highest BCUT2D eigenvalue weighted by atomic mass is 16.3. The number of phenols is 1. The molecule has 2 aromatic rings. The number of benzene rings is 2. The molecule has 0 radical (unpaired) electrons. The fourth-order valence-electron chi connectivity index (χ4n) is 1.90. The largest absolute Gasteiger partial charge is 0.508 e. The number of hydrazone groups is 1. The van der Waals surface area contributed by atoms with Crippen LogP contribution in [0.3, 0.4) is 0 Å². The average molecular weight is 297 g/mol. The highest BCUT2D eigenvalue weighted by Gasteiger charge is 2.03. The number of carbonyl (C=O) groups is 1. The van der Waals surface area contributed by atoms with Gasteiger partial charge >= 0.3 is 0 Å². The van der Waals surface area contributed by atoms with Gasteiger partial charge in [0.25, 0.3) is 5.91 Å². The normalized spacial score (nSPS) is 11.1. The molecule has 3 N–H and O–H groups in total. The molecule has 0 bridgehead atoms. The number of aryl methyl sites for hydroxylation is 1. The first kappa shape index (κ1) is 15.6. The molecular formula is C17H19N3O2. The summed E-state index contributed by atoms with van der Waals surface area (Å²) in [7, 11) is 0. The van der Waals surface area contributed by atoms with Crippen molar-refractivity contribution in [2.75, 3.05) is 11.9 Å². The van der Waals surface area contributed by atoms with Crippen LogP contribution >= 0.6 is 0 Å². The van der Waals surface area contributed by atoms with Crippen molar-refractivity contribution in [2.24, 2.45) is 5.10 Å². The standard InChI is InChI=1S/C17H19N3O2/c1-12-5-3-4-6-16(12)18-11-17(22)20-19-13(2)14-7-9-15(21)10-8-14/h3-10,18,21H,11H2,1-2H3,(H,20,22). The third kappa shape index (κ3) is 4.34. The molecule has 0 unspecified atom stereocenters. The van der Waals surface area contributed by atoms with Crippen LogP contribution in [-0.2, 0) is 4.79 Å². The number of rotatable bonds is 5. The summed E-state index contributed by atoms with van der Waals surface area (Å²) in [5, 5.41) is 16.4. The highest BCUT2D eigenvalue weighted by Crippen LogP contribution is 2.12. The van der Waals surface area contributed by atoms with Gasteiger partial charge in [-0.15, -0.1) is 0 Å². The minimum absolute atomic E-state index is 0.150. The van der Waals surface area contributed by atoms with Crippen molar-refractivity contribution in [1.82, 2.24) is 5.43 Å². The van der Waals surface area contributed by atoms with Crippen LogP contribution in [-0.4, -0.2) is 23.3 Å². The molecule has 0 atom stereocenters. The van der Waals surface area contributed by atoms with E-state index < -0.39 is 0 Å². The predicted molar refractivity (Wildman–Crippen MR) is 88.1 cm³/mol. The molecule has 2 aromatic carbocycles. The Morgan fingerprint density at radius 3 is 2.50 bits per heavy atom. The van der Waals surface area contributed by atoms with Gasteiger partial charge in [-0.25, -0.2) is 5.43 Å². The fourth-order valence-corrected chi connectivity index (χ4v) is 1.90. The maximum atomic E-state index is 11.8. The lowest BCUT2D eigenvalue weighted by molar-refractivity contribution is -0.119. The Hall–Kier alpha value is -2.82. The third-order valence-corrected chi connectivity index (χ3v) is 3.22. The molecule has 0 aliphatic carbocycles. The SMILES string of the molecule is CC(=NNC(=O)CNc1ccccc1C)c1ccc(O)cc1. The summed E-state index contributed by atoms with van der Waals surface area (Å²) in [6.07, 6.45) is 0. The van der Waals surface area contributed by atoms with Crippen LogP contribution < -0.4 is 10.7 Å². The van der Waals surface area contributed by atoms with Crippen molar-refractivity contribution in [2.45, 2.75) is 13.8 Å². The molecule has 0 aliphatic heterocycles. The summed E-state index contributed by atoms with van der Waals surface area (Å²) >= 11 is 0. The zero-order chi connectivity index (χ0) is 15.9. The molecule has 0 aliphatic rings. The number of nitrogens with zero attached hydrogens (tertiary/aromatic N) is 1. The van der Waals surface area contributed by atoms with Crippen molar-refractivity contribution >= 4 is 17.3 Å². The summed E-state index contributed by atoms with van der Waals surface area (Å²) in [5.74, 6) is -0.0237. The molecule has 114 valence electrons. The molecule has 5 heteroatoms. The van der Waals surface area contributed by atoms with Crippen LogP contribution in [0.2, 0.25) is 0 Å². The van der Waals surface area contributed by atoms with E-state index in [1.54, 1.807) is 31.2 Å². The Bertz CT molecular complexity index is 679. The molecular weight excluding hydrogens is 278 g/mol. The Morgan fingerprint density at radius 2 is 1.82 bits per heavy atom. The fraction of sp³-hybridized carbons (Fsp3) is 0.176. The van der Waals surface area contributed by atoms with E-state index in [-0.39, 0.29) is 18.2 Å². The van der Waals surface area contributed by atoms with Crippen molar-refractivity contribution in [3.8, 4) is 5.75 Å². The van der Waals surface area contributed by atoms with Gasteiger partial charge in [-0.1, -0.05) is 18.2 Å². The number of amides is 1. The summed E-state index contributed by atoms with van der Waals surface area (Å²) in [6, 6.07) is 14.4. The maximum absolute atomic E-state index is 11.8. The Morgan fingerprint density at radius 1 is 1.14 bits per heavy atom. The van der Waals surface area contributed by atoms with E-state index in [0.29, 0.717) is 5.71 Å². The van der Waals surface area contributed by atoms with Crippen molar-refractivity contribution < 1.29 is 9.90 Å². The first-order chi connectivity index (χ1) is 10.6. The number of para-hydroxylation sites is 1. The summed E-state index contributed by atoms with van der Waals surface area (Å²) < 4.78 is 0. The number of aromatic hydroxyl groups is 1. The zero-order valence-corrected chi connectivity index (χ0v) is 12.6. The highest BCUT2D eigenvalue weighted by molar-refractivity contribution is 5.99. The van der Waals surface area contributed by atoms with E-state index in [0.717, 1.165) is 16.8 Å². The van der Waals surface area contributed by atoms with E-state index in [1.807, 2.05) is 31.2 Å². The molecule has 1 amide bonds. The van der Waals surface area contributed by atoms with Gasteiger partial charge in [0, 0.05) is 5.69 Å². The second-order valence-corrected chi connectivity index (χ2v) is 4.95. The summed E-state index contributed by atoms with van der Waals surface area (Å²) in [4.78, 5) is 11.8. The van der Waals surface area contributed by atoms with Crippen LogP contribution in [0.4, 0.5) is 5.69 Å². The van der Waals surface area contributed by atoms with Gasteiger partial charge < -0.3 is 10.4 Å². The smallest absolute Gasteiger partial charge is 0.259 e. The van der Waals surface area contributed by atoms with E-state index in [4.69, 9.17) is 0 Å². The Balaban J connectivity index is 1.88. The Kier molecular flexibility index (Phi) is 5.14. The quantitative estimate of drug-likeness (QED) is 0.587. The molecule has 0 heterocycles. The summed E-state index contributed by atoms with van der Waals surface area (Å²) in [5.41, 5.74) is 6.03. The molecule has 0 aromatic heterocycles. The lowest BCUT2D eigenvalue weighted by Crippen LogP contribution is -2.27. The van der Waals surface area contributed by atoms with Gasteiger partial charge in [0.2, 0.25) is 0 Å². The van der Waals surface area contributed by atoms with Crippen LogP contribution in [0, 0.1) is 6.92 Å². The first-order valence-corrected chi connectivity index (χ1v) is 6.98. The lowest BCUT2D eigenvalue weighted by atomic mass is 10.1.